The monoisotopic (exact) mass is 304 g/mol. The standard InChI is InChI=1S/C16H20N2O2S/c1-9-8-13(11(3)21-9)10(2)18-16(19)12-6-5-7-14(20-4)15(12)17/h5-8,10H,17H2,1-4H3,(H,18,19). The van der Waals surface area contributed by atoms with E-state index < -0.39 is 0 Å². The summed E-state index contributed by atoms with van der Waals surface area (Å²) in [5.74, 6) is 0.319. The van der Waals surface area contributed by atoms with Gasteiger partial charge in [-0.15, -0.1) is 11.3 Å². The van der Waals surface area contributed by atoms with Gasteiger partial charge in [0.15, 0.2) is 0 Å². The molecule has 1 amide bonds. The van der Waals surface area contributed by atoms with E-state index in [0.717, 1.165) is 5.56 Å². The van der Waals surface area contributed by atoms with Gasteiger partial charge in [0.25, 0.3) is 5.91 Å². The van der Waals surface area contributed by atoms with Gasteiger partial charge in [-0.1, -0.05) is 6.07 Å². The molecule has 112 valence electrons. The number of ether oxygens (including phenoxy) is 1. The van der Waals surface area contributed by atoms with Crippen LogP contribution in [0, 0.1) is 13.8 Å². The highest BCUT2D eigenvalue weighted by molar-refractivity contribution is 7.12. The zero-order chi connectivity index (χ0) is 15.6. The second-order valence-electron chi connectivity index (χ2n) is 4.99. The van der Waals surface area contributed by atoms with Crippen LogP contribution in [-0.2, 0) is 0 Å². The minimum atomic E-state index is -0.192. The summed E-state index contributed by atoms with van der Waals surface area (Å²) in [6.07, 6.45) is 0. The van der Waals surface area contributed by atoms with Crippen molar-refractivity contribution in [1.29, 1.82) is 0 Å². The molecule has 5 heteroatoms. The van der Waals surface area contributed by atoms with E-state index in [2.05, 4.69) is 25.2 Å². The molecule has 1 aromatic carbocycles. The van der Waals surface area contributed by atoms with E-state index >= 15 is 0 Å². The third-order valence-electron chi connectivity index (χ3n) is 3.42. The van der Waals surface area contributed by atoms with Crippen LogP contribution in [0.3, 0.4) is 0 Å². The van der Waals surface area contributed by atoms with Crippen molar-refractivity contribution in [3.8, 4) is 5.75 Å². The fourth-order valence-electron chi connectivity index (χ4n) is 2.35. The van der Waals surface area contributed by atoms with Gasteiger partial charge in [0.2, 0.25) is 0 Å². The summed E-state index contributed by atoms with van der Waals surface area (Å²) >= 11 is 1.73. The van der Waals surface area contributed by atoms with Crippen molar-refractivity contribution in [3.63, 3.8) is 0 Å². The number of methoxy groups -OCH3 is 1. The van der Waals surface area contributed by atoms with Gasteiger partial charge in [-0.05, 0) is 44.5 Å². The van der Waals surface area contributed by atoms with Gasteiger partial charge < -0.3 is 15.8 Å². The normalized spacial score (nSPS) is 12.0. The van der Waals surface area contributed by atoms with Crippen molar-refractivity contribution in [2.45, 2.75) is 26.8 Å². The Balaban J connectivity index is 2.20. The summed E-state index contributed by atoms with van der Waals surface area (Å²) in [5.41, 5.74) is 7.90. The number of hydrogen-bond acceptors (Lipinski definition) is 4. The molecular formula is C16H20N2O2S. The first-order chi connectivity index (χ1) is 9.93. The molecule has 21 heavy (non-hydrogen) atoms. The molecule has 0 bridgehead atoms. The lowest BCUT2D eigenvalue weighted by molar-refractivity contribution is 0.0940. The number of aryl methyl sites for hydroxylation is 2. The molecule has 0 aliphatic heterocycles. The molecule has 0 saturated heterocycles. The number of carbonyl (C=O) groups is 1. The average Bonchev–Trinajstić information content (AvgIpc) is 2.78. The van der Waals surface area contributed by atoms with E-state index in [9.17, 15) is 4.79 Å². The Morgan fingerprint density at radius 1 is 1.38 bits per heavy atom. The predicted molar refractivity (Wildman–Crippen MR) is 87.1 cm³/mol. The maximum atomic E-state index is 12.4. The van der Waals surface area contributed by atoms with Crippen LogP contribution in [0.5, 0.6) is 5.75 Å². The van der Waals surface area contributed by atoms with E-state index in [1.54, 1.807) is 29.5 Å². The van der Waals surface area contributed by atoms with E-state index in [1.807, 2.05) is 6.92 Å². The minimum Gasteiger partial charge on any atom is -0.495 e. The van der Waals surface area contributed by atoms with Crippen LogP contribution in [0.4, 0.5) is 5.69 Å². The molecule has 1 atom stereocenters. The maximum absolute atomic E-state index is 12.4. The van der Waals surface area contributed by atoms with Crippen LogP contribution in [0.1, 0.15) is 38.6 Å². The Labute approximate surface area is 128 Å². The number of nitrogens with one attached hydrogen (secondary N) is 1. The predicted octanol–water partition coefficient (Wildman–Crippen LogP) is 3.45. The average molecular weight is 304 g/mol. The molecule has 0 aliphatic rings. The topological polar surface area (TPSA) is 64.3 Å². The lowest BCUT2D eigenvalue weighted by Gasteiger charge is -2.16. The van der Waals surface area contributed by atoms with Crippen molar-refractivity contribution in [2.24, 2.45) is 0 Å². The molecule has 4 nitrogen and oxygen atoms in total. The maximum Gasteiger partial charge on any atom is 0.253 e. The summed E-state index contributed by atoms with van der Waals surface area (Å²) in [6.45, 7) is 6.11. The van der Waals surface area contributed by atoms with Crippen molar-refractivity contribution in [2.75, 3.05) is 12.8 Å². The molecule has 1 unspecified atom stereocenters. The molecule has 3 N–H and O–H groups in total. The Morgan fingerprint density at radius 2 is 2.10 bits per heavy atom. The number of benzene rings is 1. The number of para-hydroxylation sites is 1. The first kappa shape index (κ1) is 15.4. The third-order valence-corrected chi connectivity index (χ3v) is 4.41. The van der Waals surface area contributed by atoms with Gasteiger partial charge >= 0.3 is 0 Å². The molecule has 0 radical (unpaired) electrons. The first-order valence-corrected chi connectivity index (χ1v) is 7.56. The van der Waals surface area contributed by atoms with E-state index in [4.69, 9.17) is 10.5 Å². The van der Waals surface area contributed by atoms with E-state index in [1.165, 1.54) is 16.9 Å². The quantitative estimate of drug-likeness (QED) is 0.850. The van der Waals surface area contributed by atoms with Crippen LogP contribution in [-0.4, -0.2) is 13.0 Å². The fourth-order valence-corrected chi connectivity index (χ4v) is 3.37. The van der Waals surface area contributed by atoms with Crippen molar-refractivity contribution in [1.82, 2.24) is 5.32 Å². The number of thiophene rings is 1. The number of hydrogen-bond donors (Lipinski definition) is 2. The van der Waals surface area contributed by atoms with Crippen molar-refractivity contribution < 1.29 is 9.53 Å². The number of nitrogens with two attached hydrogens (primary N) is 1. The number of carbonyl (C=O) groups excluding carboxylic acids is 1. The molecule has 0 aliphatic carbocycles. The number of nitrogen functional groups attached to an aromatic ring is 1. The van der Waals surface area contributed by atoms with Crippen LogP contribution < -0.4 is 15.8 Å². The van der Waals surface area contributed by atoms with Gasteiger partial charge in [-0.2, -0.15) is 0 Å². The molecular weight excluding hydrogens is 284 g/mol. The zero-order valence-electron chi connectivity index (χ0n) is 12.7. The third kappa shape index (κ3) is 3.19. The molecule has 1 heterocycles. The van der Waals surface area contributed by atoms with E-state index in [-0.39, 0.29) is 11.9 Å². The van der Waals surface area contributed by atoms with Gasteiger partial charge in [-0.3, -0.25) is 4.79 Å². The summed E-state index contributed by atoms with van der Waals surface area (Å²) in [5, 5.41) is 2.99. The van der Waals surface area contributed by atoms with Crippen LogP contribution >= 0.6 is 11.3 Å². The largest absolute Gasteiger partial charge is 0.495 e. The molecule has 1 aromatic heterocycles. The molecule has 0 spiro atoms. The van der Waals surface area contributed by atoms with Gasteiger partial charge in [0, 0.05) is 9.75 Å². The highest BCUT2D eigenvalue weighted by atomic mass is 32.1. The molecule has 2 rings (SSSR count). The lowest BCUT2D eigenvalue weighted by Crippen LogP contribution is -2.27. The fraction of sp³-hybridized carbons (Fsp3) is 0.312. The van der Waals surface area contributed by atoms with Crippen molar-refractivity contribution in [3.05, 3.63) is 45.1 Å². The summed E-state index contributed by atoms with van der Waals surface area (Å²) in [7, 11) is 1.54. The lowest BCUT2D eigenvalue weighted by atomic mass is 10.1. The molecule has 0 saturated carbocycles. The Bertz CT molecular complexity index is 664. The van der Waals surface area contributed by atoms with Crippen molar-refractivity contribution >= 4 is 22.9 Å². The SMILES string of the molecule is COc1cccc(C(=O)NC(C)c2cc(C)sc2C)c1N. The molecule has 0 fully saturated rings. The second kappa shape index (κ2) is 6.18. The zero-order valence-corrected chi connectivity index (χ0v) is 13.5. The Kier molecular flexibility index (Phi) is 4.53. The summed E-state index contributed by atoms with van der Waals surface area (Å²) in [4.78, 5) is 14.9. The number of anilines is 1. The van der Waals surface area contributed by atoms with E-state index in [0.29, 0.717) is 17.0 Å². The summed E-state index contributed by atoms with van der Waals surface area (Å²) in [6, 6.07) is 7.25. The van der Waals surface area contributed by atoms with Crippen LogP contribution in [0.15, 0.2) is 24.3 Å². The number of rotatable bonds is 4. The first-order valence-electron chi connectivity index (χ1n) is 6.74. The second-order valence-corrected chi connectivity index (χ2v) is 6.45. The Hall–Kier alpha value is -2.01. The summed E-state index contributed by atoms with van der Waals surface area (Å²) < 4.78 is 5.14. The highest BCUT2D eigenvalue weighted by Crippen LogP contribution is 2.28. The van der Waals surface area contributed by atoms with Crippen LogP contribution in [0.2, 0.25) is 0 Å². The smallest absolute Gasteiger partial charge is 0.253 e. The minimum absolute atomic E-state index is 0.0620. The van der Waals surface area contributed by atoms with Gasteiger partial charge in [0.1, 0.15) is 5.75 Å². The Morgan fingerprint density at radius 3 is 2.67 bits per heavy atom. The van der Waals surface area contributed by atoms with Gasteiger partial charge in [-0.25, -0.2) is 0 Å². The van der Waals surface area contributed by atoms with Gasteiger partial charge in [0.05, 0.1) is 24.4 Å². The van der Waals surface area contributed by atoms with Crippen LogP contribution in [0.25, 0.3) is 0 Å². The number of amides is 1. The highest BCUT2D eigenvalue weighted by Gasteiger charge is 2.17. The molecule has 2 aromatic rings.